The lowest BCUT2D eigenvalue weighted by Crippen LogP contribution is -2.30. The van der Waals surface area contributed by atoms with Crippen molar-refractivity contribution < 1.29 is 80.2 Å². The van der Waals surface area contributed by atoms with E-state index < -0.39 is 97.5 Å². The average Bonchev–Trinajstić information content (AvgIpc) is 1.68. The molecule has 2 unspecified atom stereocenters. The van der Waals surface area contributed by atoms with Crippen molar-refractivity contribution >= 4 is 39.5 Å². The summed E-state index contributed by atoms with van der Waals surface area (Å²) in [5, 5.41) is 10.6. The van der Waals surface area contributed by atoms with E-state index in [4.69, 9.17) is 37.0 Å². The van der Waals surface area contributed by atoms with Crippen molar-refractivity contribution in [2.45, 2.75) is 445 Å². The van der Waals surface area contributed by atoms with Crippen molar-refractivity contribution in [3.8, 4) is 0 Å². The van der Waals surface area contributed by atoms with Gasteiger partial charge in [0, 0.05) is 25.7 Å². The molecular formula is C80H156O17P2. The summed E-state index contributed by atoms with van der Waals surface area (Å²) in [6, 6.07) is 0. The maximum atomic E-state index is 13.1. The number of carbonyl (C=O) groups is 4. The molecule has 0 saturated heterocycles. The van der Waals surface area contributed by atoms with Gasteiger partial charge >= 0.3 is 39.5 Å². The number of ether oxygens (including phenoxy) is 4. The summed E-state index contributed by atoms with van der Waals surface area (Å²) in [6.07, 6.45) is 63.7. The number of aliphatic hydroxyl groups is 1. The van der Waals surface area contributed by atoms with Gasteiger partial charge in [-0.15, -0.1) is 0 Å². The standard InChI is InChI=1S/C80H156O17P2/c1-6-9-12-15-18-21-24-27-28-29-30-31-36-41-46-51-56-61-66-80(85)97-76(70-91-78(83)64-59-54-49-44-40-35-33-32-34-37-42-47-52-57-62-73(4)5)72-95-99(88,89)93-68-74(81)67-92-98(86,87)94-71-75(96-79(84)65-60-55-50-45-39-26-23-20-17-14-11-8-3)69-90-77(82)63-58-53-48-43-38-25-22-19-16-13-10-7-2/h73-76,81H,6-72H2,1-5H3,(H,86,87)(H,88,89)/t74-,75+,76+/m0/s1. The average molecular weight is 1450 g/mol. The lowest BCUT2D eigenvalue weighted by atomic mass is 10.0. The number of carbonyl (C=O) groups excluding carboxylic acids is 4. The summed E-state index contributed by atoms with van der Waals surface area (Å²) < 4.78 is 68.7. The van der Waals surface area contributed by atoms with Crippen LogP contribution in [-0.4, -0.2) is 96.7 Å². The van der Waals surface area contributed by atoms with Crippen LogP contribution in [0, 0.1) is 5.92 Å². The molecule has 588 valence electrons. The number of rotatable bonds is 80. The molecule has 0 aromatic heterocycles. The Labute approximate surface area is 607 Å². The number of unbranched alkanes of at least 4 members (excludes halogenated alkanes) is 52. The molecule has 99 heavy (non-hydrogen) atoms. The van der Waals surface area contributed by atoms with E-state index in [9.17, 15) is 43.2 Å². The molecule has 0 aliphatic rings. The molecule has 0 radical (unpaired) electrons. The van der Waals surface area contributed by atoms with Crippen LogP contribution in [-0.2, 0) is 65.4 Å². The van der Waals surface area contributed by atoms with E-state index >= 15 is 0 Å². The van der Waals surface area contributed by atoms with Crippen molar-refractivity contribution in [2.24, 2.45) is 5.92 Å². The van der Waals surface area contributed by atoms with Gasteiger partial charge in [-0.2, -0.15) is 0 Å². The Morgan fingerprint density at radius 3 is 0.687 bits per heavy atom. The number of phosphoric acid groups is 2. The van der Waals surface area contributed by atoms with Crippen molar-refractivity contribution in [3.05, 3.63) is 0 Å². The van der Waals surface area contributed by atoms with Gasteiger partial charge in [0.2, 0.25) is 0 Å². The molecule has 0 aliphatic heterocycles. The zero-order valence-corrected chi connectivity index (χ0v) is 66.4. The Kier molecular flexibility index (Phi) is 71.6. The SMILES string of the molecule is CCCCCCCCCCCCCCCCCCCCC(=O)O[C@H](COC(=O)CCCCCCCCCCCCCCCCC(C)C)COP(=O)(O)OC[C@@H](O)COP(=O)(O)OC[C@@H](COC(=O)CCCCCCCCCCCCCC)OC(=O)CCCCCCCCCCCCCC. The third-order valence-electron chi connectivity index (χ3n) is 18.8. The van der Waals surface area contributed by atoms with Crippen molar-refractivity contribution in [3.63, 3.8) is 0 Å². The third-order valence-corrected chi connectivity index (χ3v) is 20.7. The van der Waals surface area contributed by atoms with Crippen LogP contribution in [0.15, 0.2) is 0 Å². The van der Waals surface area contributed by atoms with Crippen molar-refractivity contribution in [1.29, 1.82) is 0 Å². The molecule has 0 bridgehead atoms. The zero-order valence-electron chi connectivity index (χ0n) is 64.6. The van der Waals surface area contributed by atoms with Gasteiger partial charge in [-0.1, -0.05) is 375 Å². The molecule has 0 aromatic rings. The van der Waals surface area contributed by atoms with Crippen LogP contribution in [0.2, 0.25) is 0 Å². The number of phosphoric ester groups is 2. The highest BCUT2D eigenvalue weighted by molar-refractivity contribution is 7.47. The maximum absolute atomic E-state index is 13.1. The molecular weight excluding hydrogens is 1290 g/mol. The fraction of sp³-hybridized carbons (Fsp3) is 0.950. The maximum Gasteiger partial charge on any atom is 0.472 e. The number of aliphatic hydroxyl groups excluding tert-OH is 1. The van der Waals surface area contributed by atoms with Gasteiger partial charge in [0.25, 0.3) is 0 Å². The molecule has 5 atom stereocenters. The first-order chi connectivity index (χ1) is 48.0. The van der Waals surface area contributed by atoms with Crippen LogP contribution < -0.4 is 0 Å². The molecule has 0 aromatic carbocycles. The van der Waals surface area contributed by atoms with E-state index in [1.807, 2.05) is 0 Å². The second kappa shape index (κ2) is 73.0. The van der Waals surface area contributed by atoms with Crippen LogP contribution in [0.25, 0.3) is 0 Å². The molecule has 19 heteroatoms. The molecule has 0 amide bonds. The third kappa shape index (κ3) is 74.1. The van der Waals surface area contributed by atoms with E-state index in [0.29, 0.717) is 25.7 Å². The monoisotopic (exact) mass is 1450 g/mol. The van der Waals surface area contributed by atoms with Crippen LogP contribution in [0.4, 0.5) is 0 Å². The van der Waals surface area contributed by atoms with Gasteiger partial charge in [0.1, 0.15) is 19.3 Å². The van der Waals surface area contributed by atoms with Gasteiger partial charge < -0.3 is 33.8 Å². The fourth-order valence-corrected chi connectivity index (χ4v) is 14.0. The largest absolute Gasteiger partial charge is 0.472 e. The lowest BCUT2D eigenvalue weighted by Gasteiger charge is -2.21. The molecule has 0 fully saturated rings. The van der Waals surface area contributed by atoms with Gasteiger partial charge in [-0.25, -0.2) is 9.13 Å². The topological polar surface area (TPSA) is 237 Å². The van der Waals surface area contributed by atoms with Gasteiger partial charge in [0.15, 0.2) is 12.2 Å². The summed E-state index contributed by atoms with van der Waals surface area (Å²) in [5.74, 6) is -1.31. The second-order valence-corrected chi connectivity index (χ2v) is 32.2. The summed E-state index contributed by atoms with van der Waals surface area (Å²) in [4.78, 5) is 73.0. The first-order valence-corrected chi connectivity index (χ1v) is 44.6. The smallest absolute Gasteiger partial charge is 0.462 e. The minimum Gasteiger partial charge on any atom is -0.462 e. The minimum atomic E-state index is -4.96. The molecule has 0 saturated carbocycles. The highest BCUT2D eigenvalue weighted by atomic mass is 31.2. The predicted octanol–water partition coefficient (Wildman–Crippen LogP) is 24.0. The zero-order chi connectivity index (χ0) is 72.7. The van der Waals surface area contributed by atoms with E-state index in [0.717, 1.165) is 95.8 Å². The molecule has 0 spiro atoms. The lowest BCUT2D eigenvalue weighted by molar-refractivity contribution is -0.161. The first-order valence-electron chi connectivity index (χ1n) is 41.6. The Morgan fingerprint density at radius 2 is 0.465 bits per heavy atom. The highest BCUT2D eigenvalue weighted by Crippen LogP contribution is 2.45. The Balaban J connectivity index is 5.24. The van der Waals surface area contributed by atoms with Crippen LogP contribution in [0.3, 0.4) is 0 Å². The van der Waals surface area contributed by atoms with Gasteiger partial charge in [-0.3, -0.25) is 37.3 Å². The fourth-order valence-electron chi connectivity index (χ4n) is 12.4. The van der Waals surface area contributed by atoms with Gasteiger partial charge in [0.05, 0.1) is 26.4 Å². The first kappa shape index (κ1) is 97.1. The van der Waals surface area contributed by atoms with Gasteiger partial charge in [-0.05, 0) is 31.6 Å². The molecule has 0 aliphatic carbocycles. The summed E-state index contributed by atoms with van der Waals surface area (Å²) in [7, 11) is -9.92. The van der Waals surface area contributed by atoms with Crippen molar-refractivity contribution in [2.75, 3.05) is 39.6 Å². The molecule has 0 heterocycles. The molecule has 3 N–H and O–H groups in total. The Bertz CT molecular complexity index is 1890. The van der Waals surface area contributed by atoms with Crippen molar-refractivity contribution in [1.82, 2.24) is 0 Å². The quantitative estimate of drug-likeness (QED) is 0.0222. The van der Waals surface area contributed by atoms with Crippen LogP contribution >= 0.6 is 15.6 Å². The minimum absolute atomic E-state index is 0.108. The second-order valence-electron chi connectivity index (χ2n) is 29.3. The molecule has 0 rings (SSSR count). The Morgan fingerprint density at radius 1 is 0.273 bits per heavy atom. The van der Waals surface area contributed by atoms with E-state index in [1.165, 1.54) is 250 Å². The summed E-state index contributed by atoms with van der Waals surface area (Å²) >= 11 is 0. The number of hydrogen-bond acceptors (Lipinski definition) is 15. The normalized spacial score (nSPS) is 13.9. The predicted molar refractivity (Wildman–Crippen MR) is 405 cm³/mol. The van der Waals surface area contributed by atoms with Crippen LogP contribution in [0.5, 0.6) is 0 Å². The molecule has 17 nitrogen and oxygen atoms in total. The Hall–Kier alpha value is -1.94. The summed E-state index contributed by atoms with van der Waals surface area (Å²) in [5.41, 5.74) is 0. The van der Waals surface area contributed by atoms with E-state index in [2.05, 4.69) is 34.6 Å². The summed E-state index contributed by atoms with van der Waals surface area (Å²) in [6.45, 7) is 7.35. The highest BCUT2D eigenvalue weighted by Gasteiger charge is 2.30. The number of esters is 4. The van der Waals surface area contributed by atoms with E-state index in [-0.39, 0.29) is 25.7 Å². The van der Waals surface area contributed by atoms with Crippen LogP contribution in [0.1, 0.15) is 426 Å². The number of hydrogen-bond donors (Lipinski definition) is 3. The van der Waals surface area contributed by atoms with E-state index in [1.54, 1.807) is 0 Å².